The van der Waals surface area contributed by atoms with Crippen LogP contribution in [0.5, 0.6) is 0 Å². The van der Waals surface area contributed by atoms with Crippen molar-refractivity contribution in [1.29, 1.82) is 0 Å². The van der Waals surface area contributed by atoms with Crippen molar-refractivity contribution in [3.8, 4) is 0 Å². The Morgan fingerprint density at radius 1 is 1.18 bits per heavy atom. The third kappa shape index (κ3) is 3.96. The van der Waals surface area contributed by atoms with Gasteiger partial charge in [0, 0.05) is 25.2 Å². The third-order valence-electron chi connectivity index (χ3n) is 4.61. The molecule has 0 aromatic heterocycles. The second-order valence-corrected chi connectivity index (χ2v) is 6.59. The standard InChI is InChI=1S/C15H30N2/c1-12(2)16-15-8-5-9-17(11-15)10-14-7-4-6-13(14)3/h12-16H,4-11H2,1-3H3. The van der Waals surface area contributed by atoms with Gasteiger partial charge < -0.3 is 10.2 Å². The number of hydrogen-bond acceptors (Lipinski definition) is 2. The van der Waals surface area contributed by atoms with Gasteiger partial charge >= 0.3 is 0 Å². The molecule has 0 spiro atoms. The van der Waals surface area contributed by atoms with Gasteiger partial charge in [0.1, 0.15) is 0 Å². The highest BCUT2D eigenvalue weighted by molar-refractivity contribution is 4.83. The van der Waals surface area contributed by atoms with Gasteiger partial charge in [-0.25, -0.2) is 0 Å². The molecule has 0 aromatic carbocycles. The molecule has 100 valence electrons. The molecule has 1 saturated heterocycles. The molecule has 1 heterocycles. The van der Waals surface area contributed by atoms with Crippen molar-refractivity contribution >= 4 is 0 Å². The Balaban J connectivity index is 1.76. The summed E-state index contributed by atoms with van der Waals surface area (Å²) in [4.78, 5) is 2.72. The van der Waals surface area contributed by atoms with E-state index in [1.807, 2.05) is 0 Å². The summed E-state index contributed by atoms with van der Waals surface area (Å²) < 4.78 is 0. The van der Waals surface area contributed by atoms with Crippen LogP contribution in [0.2, 0.25) is 0 Å². The molecular weight excluding hydrogens is 208 g/mol. The first-order valence-corrected chi connectivity index (χ1v) is 7.63. The van der Waals surface area contributed by atoms with Crippen molar-refractivity contribution in [2.45, 2.75) is 65.0 Å². The van der Waals surface area contributed by atoms with Crippen LogP contribution in [0.25, 0.3) is 0 Å². The Bertz CT molecular complexity index is 227. The maximum atomic E-state index is 3.71. The summed E-state index contributed by atoms with van der Waals surface area (Å²) in [6, 6.07) is 1.37. The number of rotatable bonds is 4. The molecule has 17 heavy (non-hydrogen) atoms. The molecule has 0 aromatic rings. The normalized spacial score (nSPS) is 35.6. The van der Waals surface area contributed by atoms with Crippen molar-refractivity contribution < 1.29 is 0 Å². The molecule has 3 atom stereocenters. The van der Waals surface area contributed by atoms with E-state index < -0.39 is 0 Å². The highest BCUT2D eigenvalue weighted by Gasteiger charge is 2.27. The SMILES string of the molecule is CC(C)NC1CCCN(CC2CCCC2C)C1. The van der Waals surface area contributed by atoms with E-state index in [2.05, 4.69) is 31.0 Å². The van der Waals surface area contributed by atoms with E-state index in [1.165, 1.54) is 51.7 Å². The Morgan fingerprint density at radius 3 is 2.65 bits per heavy atom. The minimum Gasteiger partial charge on any atom is -0.311 e. The van der Waals surface area contributed by atoms with Crippen LogP contribution in [0, 0.1) is 11.8 Å². The maximum absolute atomic E-state index is 3.71. The fourth-order valence-electron chi connectivity index (χ4n) is 3.65. The van der Waals surface area contributed by atoms with Crippen LogP contribution in [0.15, 0.2) is 0 Å². The fraction of sp³-hybridized carbons (Fsp3) is 1.00. The van der Waals surface area contributed by atoms with E-state index in [-0.39, 0.29) is 0 Å². The summed E-state index contributed by atoms with van der Waals surface area (Å²) in [6.07, 6.45) is 7.15. The average Bonchev–Trinajstić information content (AvgIpc) is 2.64. The smallest absolute Gasteiger partial charge is 0.0197 e. The Morgan fingerprint density at radius 2 is 2.00 bits per heavy atom. The van der Waals surface area contributed by atoms with Crippen molar-refractivity contribution in [1.82, 2.24) is 10.2 Å². The fourth-order valence-corrected chi connectivity index (χ4v) is 3.65. The summed E-state index contributed by atoms with van der Waals surface area (Å²) in [6.45, 7) is 10.9. The number of piperidine rings is 1. The lowest BCUT2D eigenvalue weighted by molar-refractivity contribution is 0.151. The minimum absolute atomic E-state index is 0.630. The van der Waals surface area contributed by atoms with Gasteiger partial charge in [0.2, 0.25) is 0 Å². The molecule has 3 unspecified atom stereocenters. The van der Waals surface area contributed by atoms with Crippen molar-refractivity contribution in [3.63, 3.8) is 0 Å². The van der Waals surface area contributed by atoms with Crippen molar-refractivity contribution in [3.05, 3.63) is 0 Å². The predicted molar refractivity (Wildman–Crippen MR) is 74.2 cm³/mol. The molecule has 1 aliphatic heterocycles. The van der Waals surface area contributed by atoms with Crippen LogP contribution in [0.1, 0.15) is 52.9 Å². The molecule has 1 aliphatic carbocycles. The molecule has 2 fully saturated rings. The van der Waals surface area contributed by atoms with E-state index in [1.54, 1.807) is 0 Å². The van der Waals surface area contributed by atoms with Gasteiger partial charge in [0.15, 0.2) is 0 Å². The highest BCUT2D eigenvalue weighted by Crippen LogP contribution is 2.32. The Hall–Kier alpha value is -0.0800. The molecule has 1 N–H and O–H groups in total. The first-order valence-electron chi connectivity index (χ1n) is 7.63. The second-order valence-electron chi connectivity index (χ2n) is 6.59. The second kappa shape index (κ2) is 6.19. The van der Waals surface area contributed by atoms with Crippen molar-refractivity contribution in [2.75, 3.05) is 19.6 Å². The van der Waals surface area contributed by atoms with Gasteiger partial charge in [-0.2, -0.15) is 0 Å². The van der Waals surface area contributed by atoms with Gasteiger partial charge in [-0.05, 0) is 37.6 Å². The summed E-state index contributed by atoms with van der Waals surface area (Å²) >= 11 is 0. The van der Waals surface area contributed by atoms with E-state index in [0.717, 1.165) is 17.9 Å². The van der Waals surface area contributed by atoms with E-state index in [9.17, 15) is 0 Å². The van der Waals surface area contributed by atoms with Crippen LogP contribution in [0.4, 0.5) is 0 Å². The predicted octanol–water partition coefficient (Wildman–Crippen LogP) is 2.89. The average molecular weight is 238 g/mol. The molecular formula is C15H30N2. The zero-order chi connectivity index (χ0) is 12.3. The molecule has 2 heteroatoms. The molecule has 0 radical (unpaired) electrons. The molecule has 0 bridgehead atoms. The van der Waals surface area contributed by atoms with Gasteiger partial charge in [-0.1, -0.05) is 33.6 Å². The topological polar surface area (TPSA) is 15.3 Å². The van der Waals surface area contributed by atoms with Crippen molar-refractivity contribution in [2.24, 2.45) is 11.8 Å². The number of hydrogen-bond donors (Lipinski definition) is 1. The molecule has 2 rings (SSSR count). The summed E-state index contributed by atoms with van der Waals surface area (Å²) in [5, 5.41) is 3.71. The molecule has 2 aliphatic rings. The zero-order valence-electron chi connectivity index (χ0n) is 11.9. The zero-order valence-corrected chi connectivity index (χ0v) is 11.9. The number of nitrogens with zero attached hydrogens (tertiary/aromatic N) is 1. The van der Waals surface area contributed by atoms with E-state index in [4.69, 9.17) is 0 Å². The Labute approximate surface area is 107 Å². The minimum atomic E-state index is 0.630. The molecule has 1 saturated carbocycles. The largest absolute Gasteiger partial charge is 0.311 e. The van der Waals surface area contributed by atoms with Gasteiger partial charge in [0.25, 0.3) is 0 Å². The van der Waals surface area contributed by atoms with Gasteiger partial charge in [0.05, 0.1) is 0 Å². The van der Waals surface area contributed by atoms with Gasteiger partial charge in [-0.15, -0.1) is 0 Å². The number of nitrogens with one attached hydrogen (secondary N) is 1. The first kappa shape index (κ1) is 13.4. The maximum Gasteiger partial charge on any atom is 0.0197 e. The van der Waals surface area contributed by atoms with E-state index >= 15 is 0 Å². The van der Waals surface area contributed by atoms with Crippen LogP contribution >= 0.6 is 0 Å². The van der Waals surface area contributed by atoms with Crippen LogP contribution < -0.4 is 5.32 Å². The molecule has 0 amide bonds. The summed E-state index contributed by atoms with van der Waals surface area (Å²) in [5.74, 6) is 1.95. The van der Waals surface area contributed by atoms with Crippen LogP contribution in [0.3, 0.4) is 0 Å². The quantitative estimate of drug-likeness (QED) is 0.810. The van der Waals surface area contributed by atoms with Crippen LogP contribution in [-0.2, 0) is 0 Å². The van der Waals surface area contributed by atoms with Gasteiger partial charge in [-0.3, -0.25) is 0 Å². The third-order valence-corrected chi connectivity index (χ3v) is 4.61. The number of likely N-dealkylation sites (tertiary alicyclic amines) is 1. The lowest BCUT2D eigenvalue weighted by Gasteiger charge is -2.36. The first-order chi connectivity index (χ1) is 8.15. The van der Waals surface area contributed by atoms with E-state index in [0.29, 0.717) is 6.04 Å². The lowest BCUT2D eigenvalue weighted by atomic mass is 9.96. The monoisotopic (exact) mass is 238 g/mol. The van der Waals surface area contributed by atoms with Crippen LogP contribution in [-0.4, -0.2) is 36.6 Å². The molecule has 2 nitrogen and oxygen atoms in total. The summed E-state index contributed by atoms with van der Waals surface area (Å²) in [5.41, 5.74) is 0. The lowest BCUT2D eigenvalue weighted by Crippen LogP contribution is -2.49. The highest BCUT2D eigenvalue weighted by atomic mass is 15.2. The Kier molecular flexibility index (Phi) is 4.87. The summed E-state index contributed by atoms with van der Waals surface area (Å²) in [7, 11) is 0.